The van der Waals surface area contributed by atoms with Gasteiger partial charge in [0, 0.05) is 16.9 Å². The Morgan fingerprint density at radius 2 is 2.14 bits per heavy atom. The number of aromatic nitrogens is 1. The monoisotopic (exact) mass is 326 g/mol. The fourth-order valence-corrected chi connectivity index (χ4v) is 4.26. The number of nitrogens with zero attached hydrogens (tertiary/aromatic N) is 2. The molecule has 0 saturated heterocycles. The number of fused-ring (bicyclic) bond motifs is 1. The molecule has 1 aromatic carbocycles. The minimum absolute atomic E-state index is 0.421. The molecule has 110 valence electrons. The van der Waals surface area contributed by atoms with Crippen LogP contribution < -0.4 is 0 Å². The Labute approximate surface area is 127 Å². The van der Waals surface area contributed by atoms with Gasteiger partial charge in [0.05, 0.1) is 10.2 Å². The molecule has 1 aliphatic rings. The number of phenolic OH excluding ortho intramolecular Hbond substituents is 1. The fraction of sp³-hybridized carbons (Fsp3) is 0.308. The molecule has 0 aliphatic carbocycles. The third-order valence-corrected chi connectivity index (χ3v) is 5.53. The second-order valence-corrected chi connectivity index (χ2v) is 7.84. The molecule has 0 fully saturated rings. The second-order valence-electron chi connectivity index (χ2n) is 5.17. The topological polar surface area (TPSA) is 82.8 Å². The summed E-state index contributed by atoms with van der Waals surface area (Å²) in [5.41, 5.74) is 0.421. The van der Waals surface area contributed by atoms with Gasteiger partial charge >= 0.3 is 5.97 Å². The van der Waals surface area contributed by atoms with Crippen molar-refractivity contribution >= 4 is 44.3 Å². The number of carboxylic acids is 1. The van der Waals surface area contributed by atoms with Crippen molar-refractivity contribution < 1.29 is 19.4 Å². The Morgan fingerprint density at radius 1 is 1.43 bits per heavy atom. The number of thiazole rings is 1. The maximum absolute atomic E-state index is 13.3. The number of aliphatic carboxylic acids is 1. The van der Waals surface area contributed by atoms with Crippen LogP contribution in [0.25, 0.3) is 10.2 Å². The molecule has 0 bridgehead atoms. The second kappa shape index (κ2) is 4.67. The van der Waals surface area contributed by atoms with Crippen LogP contribution in [0.4, 0.5) is 4.39 Å². The highest BCUT2D eigenvalue weighted by Crippen LogP contribution is 2.41. The van der Waals surface area contributed by atoms with E-state index in [4.69, 9.17) is 0 Å². The van der Waals surface area contributed by atoms with Gasteiger partial charge in [-0.1, -0.05) is 11.8 Å². The lowest BCUT2D eigenvalue weighted by Gasteiger charge is -2.19. The van der Waals surface area contributed by atoms with Gasteiger partial charge in [0.15, 0.2) is 17.6 Å². The van der Waals surface area contributed by atoms with E-state index in [1.807, 2.05) is 13.8 Å². The van der Waals surface area contributed by atoms with E-state index in [9.17, 15) is 19.4 Å². The lowest BCUT2D eigenvalue weighted by atomic mass is 10.0. The van der Waals surface area contributed by atoms with Gasteiger partial charge in [0.2, 0.25) is 0 Å². The molecule has 2 heterocycles. The van der Waals surface area contributed by atoms with E-state index in [-0.39, 0.29) is 0 Å². The summed E-state index contributed by atoms with van der Waals surface area (Å²) in [6.45, 7) is 3.62. The third-order valence-electron chi connectivity index (χ3n) is 3.14. The minimum atomic E-state index is -0.979. The lowest BCUT2D eigenvalue weighted by molar-refractivity contribution is -0.138. The smallest absolute Gasteiger partial charge is 0.329 e. The summed E-state index contributed by atoms with van der Waals surface area (Å²) < 4.78 is 13.4. The van der Waals surface area contributed by atoms with Gasteiger partial charge < -0.3 is 10.2 Å². The first-order chi connectivity index (χ1) is 9.78. The number of benzene rings is 1. The first kappa shape index (κ1) is 14.3. The summed E-state index contributed by atoms with van der Waals surface area (Å²) >= 11 is 2.59. The zero-order chi connectivity index (χ0) is 15.4. The van der Waals surface area contributed by atoms with E-state index < -0.39 is 28.3 Å². The largest absolute Gasteiger partial charge is 0.505 e. The average molecular weight is 326 g/mol. The number of hydrogen-bond acceptors (Lipinski definition) is 6. The molecule has 21 heavy (non-hydrogen) atoms. The summed E-state index contributed by atoms with van der Waals surface area (Å²) in [6, 6.07) is 1.63. The summed E-state index contributed by atoms with van der Waals surface area (Å²) in [4.78, 5) is 19.7. The Kier molecular flexibility index (Phi) is 3.18. The van der Waals surface area contributed by atoms with Gasteiger partial charge in [-0.2, -0.15) is 0 Å². The van der Waals surface area contributed by atoms with Crippen LogP contribution in [0.1, 0.15) is 18.9 Å². The maximum atomic E-state index is 13.3. The molecule has 5 nitrogen and oxygen atoms in total. The Morgan fingerprint density at radius 3 is 2.76 bits per heavy atom. The molecule has 0 saturated carbocycles. The summed E-state index contributed by atoms with van der Waals surface area (Å²) in [7, 11) is 0. The van der Waals surface area contributed by atoms with Crippen molar-refractivity contribution in [3.8, 4) is 5.75 Å². The van der Waals surface area contributed by atoms with Crippen LogP contribution in [-0.4, -0.2) is 37.0 Å². The molecule has 1 aliphatic heterocycles. The predicted octanol–water partition coefficient (Wildman–Crippen LogP) is 2.87. The lowest BCUT2D eigenvalue weighted by Crippen LogP contribution is -2.34. The molecule has 2 N–H and O–H groups in total. The van der Waals surface area contributed by atoms with E-state index in [2.05, 4.69) is 9.98 Å². The van der Waals surface area contributed by atoms with Crippen molar-refractivity contribution in [1.29, 1.82) is 0 Å². The first-order valence-corrected chi connectivity index (χ1v) is 7.70. The number of phenols is 1. The van der Waals surface area contributed by atoms with Crippen molar-refractivity contribution in [1.82, 2.24) is 4.98 Å². The standard InChI is InChI=1S/C13H11FN2O3S2/c1-13(2)9(12(18)19)16-11(21-13)10-15-6-3-5(14)7(17)4-8(6)20-10/h3-4,9,17H,1-2H3,(H,18,19)/t9-/m0/s1. The van der Waals surface area contributed by atoms with Gasteiger partial charge in [-0.05, 0) is 13.8 Å². The van der Waals surface area contributed by atoms with Gasteiger partial charge in [0.25, 0.3) is 0 Å². The highest BCUT2D eigenvalue weighted by Gasteiger charge is 2.43. The number of hydrogen-bond donors (Lipinski definition) is 2. The number of rotatable bonds is 2. The molecule has 1 aromatic heterocycles. The molecule has 0 amide bonds. The summed E-state index contributed by atoms with van der Waals surface area (Å²) in [6.07, 6.45) is 0. The normalized spacial score (nSPS) is 20.7. The molecule has 0 spiro atoms. The van der Waals surface area contributed by atoms with Crippen LogP contribution >= 0.6 is 23.1 Å². The highest BCUT2D eigenvalue weighted by atomic mass is 32.2. The number of aromatic hydroxyl groups is 1. The molecular formula is C13H11FN2O3S2. The summed E-state index contributed by atoms with van der Waals surface area (Å²) in [5.74, 6) is -2.14. The van der Waals surface area contributed by atoms with E-state index in [1.54, 1.807) is 0 Å². The molecule has 0 unspecified atom stereocenters. The molecule has 1 atom stereocenters. The van der Waals surface area contributed by atoms with Gasteiger partial charge in [-0.15, -0.1) is 11.3 Å². The van der Waals surface area contributed by atoms with Crippen molar-refractivity contribution in [2.24, 2.45) is 4.99 Å². The number of halogens is 1. The van der Waals surface area contributed by atoms with Crippen LogP contribution in [0.2, 0.25) is 0 Å². The fourth-order valence-electron chi connectivity index (χ4n) is 2.08. The van der Waals surface area contributed by atoms with Crippen LogP contribution in [0.5, 0.6) is 5.75 Å². The molecule has 8 heteroatoms. The van der Waals surface area contributed by atoms with E-state index in [0.717, 1.165) is 6.07 Å². The minimum Gasteiger partial charge on any atom is -0.505 e. The number of thioether (sulfide) groups is 1. The van der Waals surface area contributed by atoms with Crippen LogP contribution in [0.3, 0.4) is 0 Å². The van der Waals surface area contributed by atoms with E-state index in [0.29, 0.717) is 20.3 Å². The maximum Gasteiger partial charge on any atom is 0.329 e. The van der Waals surface area contributed by atoms with Gasteiger partial charge in [-0.25, -0.2) is 14.2 Å². The number of carbonyl (C=O) groups is 1. The Hall–Kier alpha value is -1.67. The van der Waals surface area contributed by atoms with E-state index in [1.165, 1.54) is 29.2 Å². The average Bonchev–Trinajstić information content (AvgIpc) is 2.90. The Bertz CT molecular complexity index is 746. The van der Waals surface area contributed by atoms with E-state index >= 15 is 0 Å². The molecule has 3 rings (SSSR count). The van der Waals surface area contributed by atoms with Crippen molar-refractivity contribution in [3.63, 3.8) is 0 Å². The molecule has 2 aromatic rings. The predicted molar refractivity (Wildman–Crippen MR) is 80.9 cm³/mol. The van der Waals surface area contributed by atoms with Crippen molar-refractivity contribution in [2.75, 3.05) is 0 Å². The van der Waals surface area contributed by atoms with Crippen LogP contribution in [0, 0.1) is 5.82 Å². The van der Waals surface area contributed by atoms with Crippen LogP contribution in [0.15, 0.2) is 17.1 Å². The Balaban J connectivity index is 2.05. The quantitative estimate of drug-likeness (QED) is 0.887. The van der Waals surface area contributed by atoms with Crippen LogP contribution in [-0.2, 0) is 4.79 Å². The third kappa shape index (κ3) is 2.38. The number of carboxylic acid groups (broad SMARTS) is 1. The SMILES string of the molecule is CC1(C)SC(c2nc3cc(F)c(O)cc3s2)=N[C@H]1C(=O)O. The summed E-state index contributed by atoms with van der Waals surface area (Å²) in [5, 5.41) is 19.7. The number of aliphatic imine (C=N–C) groups is 1. The molecular weight excluding hydrogens is 315 g/mol. The van der Waals surface area contributed by atoms with Crippen molar-refractivity contribution in [3.05, 3.63) is 23.0 Å². The van der Waals surface area contributed by atoms with Gasteiger partial charge in [-0.3, -0.25) is 4.99 Å². The first-order valence-electron chi connectivity index (χ1n) is 6.07. The zero-order valence-corrected chi connectivity index (χ0v) is 12.8. The highest BCUT2D eigenvalue weighted by molar-refractivity contribution is 8.16. The van der Waals surface area contributed by atoms with Crippen molar-refractivity contribution in [2.45, 2.75) is 24.6 Å². The zero-order valence-electron chi connectivity index (χ0n) is 11.1. The van der Waals surface area contributed by atoms with Gasteiger partial charge in [0.1, 0.15) is 10.1 Å². The molecule has 0 radical (unpaired) electrons.